The number of nitrogens with two attached hydrogens (primary N) is 1. The number of hydrogen-bond acceptors (Lipinski definition) is 5. The fourth-order valence-electron chi connectivity index (χ4n) is 0.940. The van der Waals surface area contributed by atoms with E-state index in [2.05, 4.69) is 31.2 Å². The average molecular weight is 261 g/mol. The van der Waals surface area contributed by atoms with Crippen LogP contribution in [0.15, 0.2) is 10.8 Å². The highest BCUT2D eigenvalue weighted by molar-refractivity contribution is 9.10. The van der Waals surface area contributed by atoms with Gasteiger partial charge in [0, 0.05) is 20.3 Å². The number of hydrogen-bond donors (Lipinski definition) is 2. The van der Waals surface area contributed by atoms with E-state index in [1.165, 1.54) is 0 Å². The van der Waals surface area contributed by atoms with Gasteiger partial charge in [-0.3, -0.25) is 0 Å². The third-order valence-electron chi connectivity index (χ3n) is 1.59. The molecule has 6 heteroatoms. The molecular weight excluding hydrogens is 248 g/mol. The highest BCUT2D eigenvalue weighted by Gasteiger charge is 2.01. The van der Waals surface area contributed by atoms with Crippen LogP contribution in [0, 0.1) is 0 Å². The Morgan fingerprint density at radius 1 is 1.64 bits per heavy atom. The van der Waals surface area contributed by atoms with Gasteiger partial charge in [-0.2, -0.15) is 0 Å². The monoisotopic (exact) mass is 260 g/mol. The molecule has 1 heterocycles. The molecule has 5 nitrogen and oxygen atoms in total. The van der Waals surface area contributed by atoms with Gasteiger partial charge in [0.25, 0.3) is 0 Å². The van der Waals surface area contributed by atoms with Crippen molar-refractivity contribution in [3.05, 3.63) is 10.8 Å². The van der Waals surface area contributed by atoms with E-state index in [9.17, 15) is 0 Å². The van der Waals surface area contributed by atoms with E-state index in [0.29, 0.717) is 16.2 Å². The fourth-order valence-corrected chi connectivity index (χ4v) is 1.23. The first kappa shape index (κ1) is 11.2. The van der Waals surface area contributed by atoms with Gasteiger partial charge in [0.1, 0.15) is 4.60 Å². The van der Waals surface area contributed by atoms with Crippen molar-refractivity contribution < 1.29 is 4.74 Å². The number of aromatic nitrogens is 2. The molecule has 0 spiro atoms. The van der Waals surface area contributed by atoms with Crippen LogP contribution in [0.5, 0.6) is 0 Å². The minimum Gasteiger partial charge on any atom is -0.385 e. The molecule has 0 amide bonds. The average Bonchev–Trinajstić information content (AvgIpc) is 2.15. The summed E-state index contributed by atoms with van der Waals surface area (Å²) in [6.45, 7) is 1.49. The van der Waals surface area contributed by atoms with Crippen LogP contribution in [-0.2, 0) is 4.74 Å². The van der Waals surface area contributed by atoms with Gasteiger partial charge in [0.05, 0.1) is 6.20 Å². The minimum atomic E-state index is 0.400. The minimum absolute atomic E-state index is 0.400. The zero-order valence-corrected chi connectivity index (χ0v) is 9.54. The van der Waals surface area contributed by atoms with Crippen LogP contribution in [0.2, 0.25) is 0 Å². The van der Waals surface area contributed by atoms with E-state index in [-0.39, 0.29) is 0 Å². The molecule has 1 rings (SSSR count). The lowest BCUT2D eigenvalue weighted by molar-refractivity contribution is 0.198. The van der Waals surface area contributed by atoms with Crippen LogP contribution in [0.1, 0.15) is 6.42 Å². The summed E-state index contributed by atoms with van der Waals surface area (Å²) in [7, 11) is 1.67. The normalized spacial score (nSPS) is 10.1. The molecule has 0 aliphatic heterocycles. The van der Waals surface area contributed by atoms with Crippen molar-refractivity contribution in [2.75, 3.05) is 31.3 Å². The molecule has 0 radical (unpaired) electrons. The summed E-state index contributed by atoms with van der Waals surface area (Å²) in [4.78, 5) is 8.10. The number of anilines is 2. The lowest BCUT2D eigenvalue weighted by Crippen LogP contribution is -2.09. The number of ether oxygens (including phenoxy) is 1. The first-order valence-corrected chi connectivity index (χ1v) is 5.04. The van der Waals surface area contributed by atoms with Crippen LogP contribution in [-0.4, -0.2) is 30.2 Å². The quantitative estimate of drug-likeness (QED) is 0.781. The van der Waals surface area contributed by atoms with Gasteiger partial charge in [0.2, 0.25) is 0 Å². The van der Waals surface area contributed by atoms with Gasteiger partial charge >= 0.3 is 0 Å². The molecule has 3 N–H and O–H groups in total. The second kappa shape index (κ2) is 5.77. The smallest absolute Gasteiger partial charge is 0.169 e. The summed E-state index contributed by atoms with van der Waals surface area (Å²) < 4.78 is 5.55. The number of nitrogens with zero attached hydrogens (tertiary/aromatic N) is 2. The van der Waals surface area contributed by atoms with Gasteiger partial charge in [-0.25, -0.2) is 9.97 Å². The summed E-state index contributed by atoms with van der Waals surface area (Å²) in [6, 6.07) is 0. The standard InChI is InChI=1S/C8H13BrN4O/c1-14-4-2-3-11-8-7(10)13-6(9)5-12-8/h5H,2-4H2,1H3,(H2,10,13)(H,11,12). The maximum atomic E-state index is 5.64. The Morgan fingerprint density at radius 2 is 2.43 bits per heavy atom. The van der Waals surface area contributed by atoms with Crippen LogP contribution >= 0.6 is 15.9 Å². The van der Waals surface area contributed by atoms with Crippen molar-refractivity contribution in [1.29, 1.82) is 0 Å². The van der Waals surface area contributed by atoms with Crippen LogP contribution in [0.25, 0.3) is 0 Å². The molecule has 1 aromatic rings. The van der Waals surface area contributed by atoms with Gasteiger partial charge < -0.3 is 15.8 Å². The highest BCUT2D eigenvalue weighted by atomic mass is 79.9. The number of nitrogens with one attached hydrogen (secondary N) is 1. The summed E-state index contributed by atoms with van der Waals surface area (Å²) in [6.07, 6.45) is 2.52. The Kier molecular flexibility index (Phi) is 4.61. The predicted molar refractivity (Wildman–Crippen MR) is 59.1 cm³/mol. The molecule has 0 unspecified atom stereocenters. The van der Waals surface area contributed by atoms with Crippen molar-refractivity contribution in [3.8, 4) is 0 Å². The Bertz CT molecular complexity index is 295. The lowest BCUT2D eigenvalue weighted by atomic mass is 10.4. The molecule has 0 fully saturated rings. The van der Waals surface area contributed by atoms with E-state index in [0.717, 1.165) is 19.6 Å². The van der Waals surface area contributed by atoms with E-state index in [4.69, 9.17) is 10.5 Å². The molecular formula is C8H13BrN4O. The van der Waals surface area contributed by atoms with Crippen LogP contribution in [0.3, 0.4) is 0 Å². The van der Waals surface area contributed by atoms with E-state index in [1.807, 2.05) is 0 Å². The number of methoxy groups -OCH3 is 1. The van der Waals surface area contributed by atoms with Crippen molar-refractivity contribution in [3.63, 3.8) is 0 Å². The second-order valence-corrected chi connectivity index (χ2v) is 3.51. The van der Waals surface area contributed by atoms with E-state index < -0.39 is 0 Å². The maximum Gasteiger partial charge on any atom is 0.169 e. The molecule has 78 valence electrons. The summed E-state index contributed by atoms with van der Waals surface area (Å²) >= 11 is 3.19. The van der Waals surface area contributed by atoms with Gasteiger partial charge in [-0.05, 0) is 22.4 Å². The molecule has 0 aliphatic carbocycles. The second-order valence-electron chi connectivity index (χ2n) is 2.70. The van der Waals surface area contributed by atoms with Gasteiger partial charge in [0.15, 0.2) is 11.6 Å². The predicted octanol–water partition coefficient (Wildman–Crippen LogP) is 1.27. The summed E-state index contributed by atoms with van der Waals surface area (Å²) in [5, 5.41) is 3.08. The first-order chi connectivity index (χ1) is 6.74. The molecule has 14 heavy (non-hydrogen) atoms. The molecule has 0 aliphatic rings. The number of halogens is 1. The molecule has 0 atom stereocenters. The Morgan fingerprint density at radius 3 is 3.07 bits per heavy atom. The van der Waals surface area contributed by atoms with Crippen molar-refractivity contribution >= 4 is 27.6 Å². The molecule has 0 aromatic carbocycles. The molecule has 1 aromatic heterocycles. The zero-order valence-electron chi connectivity index (χ0n) is 7.96. The third kappa shape index (κ3) is 3.47. The molecule has 0 saturated heterocycles. The number of rotatable bonds is 5. The summed E-state index contributed by atoms with van der Waals surface area (Å²) in [5.41, 5.74) is 5.64. The topological polar surface area (TPSA) is 73.1 Å². The Labute approximate surface area is 91.2 Å². The lowest BCUT2D eigenvalue weighted by Gasteiger charge is -2.06. The van der Waals surface area contributed by atoms with Gasteiger partial charge in [-0.1, -0.05) is 0 Å². The SMILES string of the molecule is COCCCNc1ncc(Br)nc1N. The van der Waals surface area contributed by atoms with E-state index >= 15 is 0 Å². The highest BCUT2D eigenvalue weighted by Crippen LogP contribution is 2.14. The molecule has 0 bridgehead atoms. The van der Waals surface area contributed by atoms with Crippen molar-refractivity contribution in [2.45, 2.75) is 6.42 Å². The Balaban J connectivity index is 2.42. The zero-order chi connectivity index (χ0) is 10.4. The largest absolute Gasteiger partial charge is 0.385 e. The van der Waals surface area contributed by atoms with Gasteiger partial charge in [-0.15, -0.1) is 0 Å². The summed E-state index contributed by atoms with van der Waals surface area (Å²) in [5.74, 6) is 1.01. The van der Waals surface area contributed by atoms with Crippen molar-refractivity contribution in [2.24, 2.45) is 0 Å². The molecule has 0 saturated carbocycles. The Hall–Kier alpha value is -0.880. The van der Waals surface area contributed by atoms with Crippen molar-refractivity contribution in [1.82, 2.24) is 9.97 Å². The number of nitrogen functional groups attached to an aromatic ring is 1. The van der Waals surface area contributed by atoms with Crippen LogP contribution < -0.4 is 11.1 Å². The fraction of sp³-hybridized carbons (Fsp3) is 0.500. The maximum absolute atomic E-state index is 5.64. The third-order valence-corrected chi connectivity index (χ3v) is 1.97. The first-order valence-electron chi connectivity index (χ1n) is 4.25. The van der Waals surface area contributed by atoms with E-state index in [1.54, 1.807) is 13.3 Å². The van der Waals surface area contributed by atoms with Crippen LogP contribution in [0.4, 0.5) is 11.6 Å².